The smallest absolute Gasteiger partial charge is 0.394 e. The second kappa shape index (κ2) is 8.23. The molecule has 0 radical (unpaired) electrons. The molecule has 0 aliphatic carbocycles. The Hall–Kier alpha value is -2.19. The van der Waals surface area contributed by atoms with Gasteiger partial charge >= 0.3 is 6.75 Å². The maximum Gasteiger partial charge on any atom is 0.394 e. The van der Waals surface area contributed by atoms with Crippen molar-refractivity contribution in [2.24, 2.45) is 0 Å². The lowest BCUT2D eigenvalue weighted by Gasteiger charge is -2.34. The first-order chi connectivity index (χ1) is 12.8. The Bertz CT molecular complexity index is 762. The summed E-state index contributed by atoms with van der Waals surface area (Å²) in [5.41, 5.74) is 2.92. The first-order valence-corrected chi connectivity index (χ1v) is 9.31. The molecular formula is C20H26BN2O4-. The molecule has 3 rings (SSSR count). The van der Waals surface area contributed by atoms with Crippen molar-refractivity contribution in [3.05, 3.63) is 60.2 Å². The van der Waals surface area contributed by atoms with Crippen LogP contribution in [0.3, 0.4) is 0 Å². The van der Waals surface area contributed by atoms with Gasteiger partial charge in [0.15, 0.2) is 0 Å². The summed E-state index contributed by atoms with van der Waals surface area (Å²) < 4.78 is 0. The minimum Gasteiger partial charge on any atom is -0.558 e. The Labute approximate surface area is 159 Å². The Morgan fingerprint density at radius 1 is 1.11 bits per heavy atom. The summed E-state index contributed by atoms with van der Waals surface area (Å²) in [6, 6.07) is 17.2. The van der Waals surface area contributed by atoms with E-state index < -0.39 is 12.7 Å². The number of rotatable bonds is 6. The summed E-state index contributed by atoms with van der Waals surface area (Å²) in [7, 11) is 1.86. The maximum absolute atomic E-state index is 12.5. The molecule has 1 aliphatic rings. The van der Waals surface area contributed by atoms with Crippen LogP contribution in [0.2, 0.25) is 0 Å². The molecule has 2 aromatic carbocycles. The molecule has 0 spiro atoms. The van der Waals surface area contributed by atoms with E-state index in [2.05, 4.69) is 5.32 Å². The van der Waals surface area contributed by atoms with Crippen LogP contribution in [0.5, 0.6) is 0 Å². The second-order valence-corrected chi connectivity index (χ2v) is 7.31. The summed E-state index contributed by atoms with van der Waals surface area (Å²) in [6.45, 7) is -2.86. The summed E-state index contributed by atoms with van der Waals surface area (Å²) >= 11 is 0. The predicted molar refractivity (Wildman–Crippen MR) is 106 cm³/mol. The second-order valence-electron chi connectivity index (χ2n) is 7.31. The van der Waals surface area contributed by atoms with Crippen LogP contribution in [-0.2, 0) is 11.2 Å². The molecule has 0 aromatic heterocycles. The van der Waals surface area contributed by atoms with Gasteiger partial charge < -0.3 is 20.4 Å². The maximum atomic E-state index is 12.5. The zero-order valence-corrected chi connectivity index (χ0v) is 15.5. The third-order valence-electron chi connectivity index (χ3n) is 5.21. The number of carbonyl (C=O) groups excluding carboxylic acids is 1. The van der Waals surface area contributed by atoms with E-state index >= 15 is 0 Å². The highest BCUT2D eigenvalue weighted by molar-refractivity contribution is 6.58. The topological polar surface area (TPSA) is 93.0 Å². The summed E-state index contributed by atoms with van der Waals surface area (Å²) in [5, 5.41) is 31.9. The van der Waals surface area contributed by atoms with Crippen molar-refractivity contribution < 1.29 is 19.9 Å². The fraction of sp³-hybridized carbons (Fsp3) is 0.350. The monoisotopic (exact) mass is 369 g/mol. The van der Waals surface area contributed by atoms with E-state index in [1.54, 1.807) is 0 Å². The molecule has 1 fully saturated rings. The largest absolute Gasteiger partial charge is 0.558 e. The lowest BCUT2D eigenvalue weighted by Crippen LogP contribution is -2.61. The van der Waals surface area contributed by atoms with E-state index in [9.17, 15) is 19.9 Å². The van der Waals surface area contributed by atoms with Gasteiger partial charge in [-0.25, -0.2) is 0 Å². The summed E-state index contributed by atoms with van der Waals surface area (Å²) in [5.74, 6) is -1.45. The van der Waals surface area contributed by atoms with Crippen molar-refractivity contribution in [1.29, 1.82) is 0 Å². The highest BCUT2D eigenvalue weighted by atomic mass is 16.5. The third-order valence-corrected chi connectivity index (χ3v) is 5.21. The van der Waals surface area contributed by atoms with Crippen LogP contribution in [0.15, 0.2) is 54.6 Å². The van der Waals surface area contributed by atoms with Gasteiger partial charge in [-0.15, -0.1) is 0 Å². The highest BCUT2D eigenvalue weighted by Crippen LogP contribution is 2.21. The van der Waals surface area contributed by atoms with Crippen LogP contribution in [-0.4, -0.2) is 58.2 Å². The number of amides is 1. The van der Waals surface area contributed by atoms with E-state index in [0.29, 0.717) is 0 Å². The van der Waals surface area contributed by atoms with Gasteiger partial charge in [-0.05, 0) is 55.5 Å². The Kier molecular flexibility index (Phi) is 5.96. The molecule has 27 heavy (non-hydrogen) atoms. The van der Waals surface area contributed by atoms with Gasteiger partial charge in [-0.1, -0.05) is 54.6 Å². The van der Waals surface area contributed by atoms with Crippen LogP contribution in [0.25, 0.3) is 11.1 Å². The van der Waals surface area contributed by atoms with E-state index in [4.69, 9.17) is 0 Å². The van der Waals surface area contributed by atoms with Gasteiger partial charge in [0.2, 0.25) is 5.91 Å². The van der Waals surface area contributed by atoms with E-state index in [-0.39, 0.29) is 18.4 Å². The average molecular weight is 369 g/mol. The highest BCUT2D eigenvalue weighted by Gasteiger charge is 2.34. The molecule has 0 bridgehead atoms. The average Bonchev–Trinajstić information content (AvgIpc) is 3.08. The van der Waals surface area contributed by atoms with E-state index in [1.807, 2.05) is 66.5 Å². The molecule has 6 nitrogen and oxygen atoms in total. The molecule has 0 saturated carbocycles. The predicted octanol–water partition coefficient (Wildman–Crippen LogP) is 0.930. The molecule has 2 aromatic rings. The number of likely N-dealkylation sites (tertiary alicyclic amines) is 1. The molecule has 144 valence electrons. The van der Waals surface area contributed by atoms with Crippen LogP contribution in [0.1, 0.15) is 18.4 Å². The first-order valence-electron chi connectivity index (χ1n) is 9.31. The minimum atomic E-state index is -3.69. The number of hydrogen-bond acceptors (Lipinski definition) is 5. The quantitative estimate of drug-likeness (QED) is 0.569. The van der Waals surface area contributed by atoms with Gasteiger partial charge in [0.05, 0.1) is 6.04 Å². The molecule has 0 unspecified atom stereocenters. The van der Waals surface area contributed by atoms with Gasteiger partial charge in [-0.2, -0.15) is 0 Å². The van der Waals surface area contributed by atoms with Gasteiger partial charge in [-0.3, -0.25) is 9.69 Å². The normalized spacial score (nSPS) is 19.0. The molecule has 2 atom stereocenters. The number of benzene rings is 2. The van der Waals surface area contributed by atoms with Crippen LogP contribution >= 0.6 is 0 Å². The van der Waals surface area contributed by atoms with E-state index in [1.165, 1.54) is 0 Å². The van der Waals surface area contributed by atoms with Gasteiger partial charge in [0, 0.05) is 0 Å². The van der Waals surface area contributed by atoms with Crippen molar-refractivity contribution in [1.82, 2.24) is 10.2 Å². The lowest BCUT2D eigenvalue weighted by atomic mass is 9.67. The van der Waals surface area contributed by atoms with Gasteiger partial charge in [0.25, 0.3) is 0 Å². The first kappa shape index (κ1) is 19.6. The minimum absolute atomic E-state index is 0.126. The number of nitrogens with zero attached hydrogens (tertiary/aromatic N) is 1. The van der Waals surface area contributed by atoms with Crippen molar-refractivity contribution in [2.45, 2.75) is 31.2 Å². The number of likely N-dealkylation sites (N-methyl/N-ethyl adjacent to an activating group) is 1. The van der Waals surface area contributed by atoms with Crippen LogP contribution in [0, 0.1) is 0 Å². The molecule has 1 saturated heterocycles. The van der Waals surface area contributed by atoms with Gasteiger partial charge in [0.1, 0.15) is 0 Å². The van der Waals surface area contributed by atoms with Crippen molar-refractivity contribution >= 4 is 12.7 Å². The van der Waals surface area contributed by atoms with Crippen molar-refractivity contribution in [2.75, 3.05) is 13.6 Å². The molecule has 1 heterocycles. The molecule has 1 amide bonds. The number of carbonyl (C=O) groups is 1. The number of nitrogens with one attached hydrogen (secondary N) is 1. The Balaban J connectivity index is 1.70. The zero-order chi connectivity index (χ0) is 19.4. The Morgan fingerprint density at radius 2 is 1.74 bits per heavy atom. The summed E-state index contributed by atoms with van der Waals surface area (Å²) in [4.78, 5) is 14.4. The molecule has 1 aliphatic heterocycles. The fourth-order valence-corrected chi connectivity index (χ4v) is 3.56. The standard InChI is InChI=1S/C20H26BN2O4/c1-23-13-5-8-18(23)20(24)22-19(21(25,26)27)14-15-9-11-17(12-10-15)16-6-3-2-4-7-16/h2-4,6-7,9-12,18-19,25-27H,5,8,13-14H2,1H3,(H,22,24)/q-1/t18-,19-/m0/s1. The zero-order valence-electron chi connectivity index (χ0n) is 15.5. The third kappa shape index (κ3) is 4.96. The lowest BCUT2D eigenvalue weighted by molar-refractivity contribution is -0.125. The molecule has 4 N–H and O–H groups in total. The Morgan fingerprint density at radius 3 is 2.30 bits per heavy atom. The van der Waals surface area contributed by atoms with Crippen molar-refractivity contribution in [3.63, 3.8) is 0 Å². The molecular weight excluding hydrogens is 343 g/mol. The fourth-order valence-electron chi connectivity index (χ4n) is 3.56. The molecule has 7 heteroatoms. The van der Waals surface area contributed by atoms with E-state index in [0.717, 1.165) is 36.1 Å². The van der Waals surface area contributed by atoms with Crippen LogP contribution < -0.4 is 5.32 Å². The summed E-state index contributed by atoms with van der Waals surface area (Å²) in [6.07, 6.45) is 1.78. The SMILES string of the molecule is CN1CCC[C@H]1C(=O)N[C@@H](Cc1ccc(-c2ccccc2)cc1)[B-](O)(O)O. The van der Waals surface area contributed by atoms with Crippen LogP contribution in [0.4, 0.5) is 0 Å². The number of hydrogen-bond donors (Lipinski definition) is 4. The van der Waals surface area contributed by atoms with Crippen molar-refractivity contribution in [3.8, 4) is 11.1 Å².